The van der Waals surface area contributed by atoms with Crippen LogP contribution in [0.2, 0.25) is 0 Å². The maximum atomic E-state index is 13.1. The number of benzene rings is 2. The van der Waals surface area contributed by atoms with Crippen molar-refractivity contribution >= 4 is 40.0 Å². The van der Waals surface area contributed by atoms with Crippen molar-refractivity contribution in [1.29, 1.82) is 0 Å². The van der Waals surface area contributed by atoms with Crippen LogP contribution in [0, 0.1) is 9.39 Å². The first-order chi connectivity index (χ1) is 9.24. The Hall–Kier alpha value is -0.750. The van der Waals surface area contributed by atoms with Gasteiger partial charge in [0.15, 0.2) is 0 Å². The van der Waals surface area contributed by atoms with E-state index >= 15 is 0 Å². The van der Waals surface area contributed by atoms with Gasteiger partial charge < -0.3 is 5.32 Å². The third kappa shape index (κ3) is 2.89. The highest BCUT2D eigenvalue weighted by Crippen LogP contribution is 2.34. The second-order valence-corrected chi connectivity index (χ2v) is 6.73. The zero-order valence-corrected chi connectivity index (χ0v) is 13.2. The van der Waals surface area contributed by atoms with Crippen molar-refractivity contribution in [2.75, 3.05) is 11.1 Å². The molecule has 0 aromatic heterocycles. The molecule has 1 unspecified atom stereocenters. The monoisotopic (exact) mass is 385 g/mol. The van der Waals surface area contributed by atoms with Crippen molar-refractivity contribution < 1.29 is 4.39 Å². The fraction of sp³-hybridized carbons (Fsp3) is 0.200. The van der Waals surface area contributed by atoms with Gasteiger partial charge in [0.1, 0.15) is 5.82 Å². The van der Waals surface area contributed by atoms with Crippen molar-refractivity contribution in [2.24, 2.45) is 0 Å². The highest BCUT2D eigenvalue weighted by Gasteiger charge is 2.20. The molecule has 0 spiro atoms. The molecular weight excluding hydrogens is 372 g/mol. The number of thioether (sulfide) groups is 1. The lowest BCUT2D eigenvalue weighted by atomic mass is 10.0. The van der Waals surface area contributed by atoms with Gasteiger partial charge in [-0.2, -0.15) is 11.8 Å². The molecule has 1 aliphatic heterocycles. The summed E-state index contributed by atoms with van der Waals surface area (Å²) >= 11 is 4.11. The summed E-state index contributed by atoms with van der Waals surface area (Å²) in [5.74, 6) is 1.94. The fourth-order valence-electron chi connectivity index (χ4n) is 2.30. The van der Waals surface area contributed by atoms with Crippen molar-refractivity contribution in [3.8, 4) is 0 Å². The number of fused-ring (bicyclic) bond motifs is 1. The fourth-order valence-corrected chi connectivity index (χ4v) is 4.03. The second-order valence-electron chi connectivity index (χ2n) is 4.54. The zero-order chi connectivity index (χ0) is 13.2. The summed E-state index contributed by atoms with van der Waals surface area (Å²) in [5.41, 5.74) is 3.76. The number of hydrogen-bond donors (Lipinski definition) is 1. The molecule has 0 radical (unpaired) electrons. The maximum absolute atomic E-state index is 13.1. The van der Waals surface area contributed by atoms with E-state index in [9.17, 15) is 4.39 Å². The predicted octanol–water partition coefficient (Wildman–Crippen LogP) is 4.83. The molecule has 0 aliphatic carbocycles. The van der Waals surface area contributed by atoms with Crippen LogP contribution in [0.3, 0.4) is 0 Å². The Balaban J connectivity index is 1.88. The molecule has 1 atom stereocenters. The van der Waals surface area contributed by atoms with E-state index < -0.39 is 0 Å². The Bertz CT molecular complexity index is 602. The number of nitrogens with one attached hydrogen (secondary N) is 1. The first-order valence-electron chi connectivity index (χ1n) is 6.11. The van der Waals surface area contributed by atoms with E-state index in [2.05, 4.69) is 52.2 Å². The summed E-state index contributed by atoms with van der Waals surface area (Å²) in [5, 5.41) is 3.54. The summed E-state index contributed by atoms with van der Waals surface area (Å²) in [6.45, 7) is 0. The van der Waals surface area contributed by atoms with E-state index in [4.69, 9.17) is 0 Å². The minimum absolute atomic E-state index is 0.187. The second kappa shape index (κ2) is 5.71. The van der Waals surface area contributed by atoms with Crippen LogP contribution in [0.1, 0.15) is 17.2 Å². The number of anilines is 1. The molecule has 1 heterocycles. The first-order valence-corrected chi connectivity index (χ1v) is 8.34. The highest BCUT2D eigenvalue weighted by atomic mass is 127. The van der Waals surface area contributed by atoms with Crippen LogP contribution in [0.5, 0.6) is 0 Å². The molecule has 98 valence electrons. The van der Waals surface area contributed by atoms with Crippen molar-refractivity contribution in [3.05, 3.63) is 63.0 Å². The average Bonchev–Trinajstić information content (AvgIpc) is 2.42. The Morgan fingerprint density at radius 2 is 2.05 bits per heavy atom. The smallest absolute Gasteiger partial charge is 0.124 e. The Morgan fingerprint density at radius 1 is 1.21 bits per heavy atom. The molecule has 2 aromatic carbocycles. The third-order valence-electron chi connectivity index (χ3n) is 3.23. The molecule has 4 heteroatoms. The van der Waals surface area contributed by atoms with Gasteiger partial charge in [-0.3, -0.25) is 0 Å². The Labute approximate surface area is 130 Å². The van der Waals surface area contributed by atoms with Gasteiger partial charge in [-0.05, 0) is 51.9 Å². The van der Waals surface area contributed by atoms with E-state index in [1.54, 1.807) is 6.07 Å². The minimum Gasteiger partial charge on any atom is -0.377 e. The van der Waals surface area contributed by atoms with Gasteiger partial charge in [-0.1, -0.05) is 24.3 Å². The summed E-state index contributed by atoms with van der Waals surface area (Å²) in [4.78, 5) is 0. The standard InChI is InChI=1S/C15H13FINS/c16-11-5-6-14(13(17)7-11)18-15-9-19-8-10-3-1-2-4-12(10)15/h1-7,15,18H,8-9H2. The molecule has 0 amide bonds. The van der Waals surface area contributed by atoms with Gasteiger partial charge in [-0.15, -0.1) is 0 Å². The third-order valence-corrected chi connectivity index (χ3v) is 5.21. The van der Waals surface area contributed by atoms with Crippen LogP contribution >= 0.6 is 34.4 Å². The van der Waals surface area contributed by atoms with Crippen LogP contribution in [-0.2, 0) is 5.75 Å². The summed E-state index contributed by atoms with van der Waals surface area (Å²) in [7, 11) is 0. The van der Waals surface area contributed by atoms with E-state index in [-0.39, 0.29) is 5.82 Å². The molecule has 1 nitrogen and oxygen atoms in total. The van der Waals surface area contributed by atoms with Crippen LogP contribution in [0.25, 0.3) is 0 Å². The molecule has 3 rings (SSSR count). The maximum Gasteiger partial charge on any atom is 0.124 e. The average molecular weight is 385 g/mol. The Morgan fingerprint density at radius 3 is 2.89 bits per heavy atom. The van der Waals surface area contributed by atoms with E-state index in [0.29, 0.717) is 6.04 Å². The Kier molecular flexibility index (Phi) is 3.98. The van der Waals surface area contributed by atoms with Gasteiger partial charge in [0.25, 0.3) is 0 Å². The SMILES string of the molecule is Fc1ccc(NC2CSCc3ccccc32)c(I)c1. The quantitative estimate of drug-likeness (QED) is 0.744. The lowest BCUT2D eigenvalue weighted by Crippen LogP contribution is -2.19. The summed E-state index contributed by atoms with van der Waals surface area (Å²) in [6.07, 6.45) is 0. The van der Waals surface area contributed by atoms with Crippen molar-refractivity contribution in [2.45, 2.75) is 11.8 Å². The largest absolute Gasteiger partial charge is 0.377 e. The number of halogens is 2. The first kappa shape index (κ1) is 13.2. The number of hydrogen-bond acceptors (Lipinski definition) is 2. The van der Waals surface area contributed by atoms with Gasteiger partial charge in [0.2, 0.25) is 0 Å². The summed E-state index contributed by atoms with van der Waals surface area (Å²) < 4.78 is 14.1. The van der Waals surface area contributed by atoms with E-state index in [0.717, 1.165) is 20.8 Å². The molecule has 19 heavy (non-hydrogen) atoms. The molecule has 0 saturated heterocycles. The lowest BCUT2D eigenvalue weighted by Gasteiger charge is -2.27. The minimum atomic E-state index is -0.187. The van der Waals surface area contributed by atoms with Crippen LogP contribution in [0.4, 0.5) is 10.1 Å². The predicted molar refractivity (Wildman–Crippen MR) is 88.1 cm³/mol. The number of rotatable bonds is 2. The van der Waals surface area contributed by atoms with Crippen molar-refractivity contribution in [1.82, 2.24) is 0 Å². The van der Waals surface area contributed by atoms with Crippen LogP contribution < -0.4 is 5.32 Å². The molecule has 1 N–H and O–H groups in total. The highest BCUT2D eigenvalue weighted by molar-refractivity contribution is 14.1. The van der Waals surface area contributed by atoms with E-state index in [1.165, 1.54) is 17.2 Å². The molecule has 1 aliphatic rings. The van der Waals surface area contributed by atoms with Gasteiger partial charge in [0.05, 0.1) is 6.04 Å². The van der Waals surface area contributed by atoms with Gasteiger partial charge in [0, 0.05) is 20.8 Å². The lowest BCUT2D eigenvalue weighted by molar-refractivity contribution is 0.627. The van der Waals surface area contributed by atoms with E-state index in [1.807, 2.05) is 17.8 Å². The molecule has 0 saturated carbocycles. The van der Waals surface area contributed by atoms with Crippen LogP contribution in [-0.4, -0.2) is 5.75 Å². The molecule has 2 aromatic rings. The topological polar surface area (TPSA) is 12.0 Å². The zero-order valence-electron chi connectivity index (χ0n) is 10.2. The molecule has 0 fully saturated rings. The van der Waals surface area contributed by atoms with Crippen LogP contribution in [0.15, 0.2) is 42.5 Å². The van der Waals surface area contributed by atoms with Crippen molar-refractivity contribution in [3.63, 3.8) is 0 Å². The van der Waals surface area contributed by atoms with Gasteiger partial charge in [-0.25, -0.2) is 4.39 Å². The normalized spacial score (nSPS) is 17.9. The molecule has 0 bridgehead atoms. The molecular formula is C15H13FINS. The van der Waals surface area contributed by atoms with Gasteiger partial charge >= 0.3 is 0 Å². The summed E-state index contributed by atoms with van der Waals surface area (Å²) in [6, 6.07) is 13.7.